The quantitative estimate of drug-likeness (QED) is 0.895. The summed E-state index contributed by atoms with van der Waals surface area (Å²) in [6.45, 7) is 1.15. The number of halogens is 1. The largest absolute Gasteiger partial charge is 0.495 e. The van der Waals surface area contributed by atoms with Crippen LogP contribution in [0, 0.1) is 0 Å². The van der Waals surface area contributed by atoms with Crippen LogP contribution in [0.5, 0.6) is 5.75 Å². The first kappa shape index (κ1) is 15.6. The topological polar surface area (TPSA) is 58.6 Å². The van der Waals surface area contributed by atoms with Gasteiger partial charge in [0.05, 0.1) is 12.8 Å². The molecule has 0 saturated carbocycles. The van der Waals surface area contributed by atoms with Gasteiger partial charge >= 0.3 is 10.2 Å². The smallest absolute Gasteiger partial charge is 0.301 e. The summed E-state index contributed by atoms with van der Waals surface area (Å²) >= 11 is 3.34. The van der Waals surface area contributed by atoms with Crippen molar-refractivity contribution < 1.29 is 13.2 Å². The molecule has 0 amide bonds. The molecule has 0 radical (unpaired) electrons. The monoisotopic (exact) mass is 362 g/mol. The molecule has 1 saturated heterocycles. The van der Waals surface area contributed by atoms with E-state index < -0.39 is 10.2 Å². The van der Waals surface area contributed by atoms with Crippen molar-refractivity contribution in [1.82, 2.24) is 4.31 Å². The molecule has 0 aromatic heterocycles. The molecule has 1 fully saturated rings. The molecule has 0 spiro atoms. The minimum Gasteiger partial charge on any atom is -0.495 e. The molecular formula is C13H19BrN2O3S. The molecule has 1 aliphatic heterocycles. The summed E-state index contributed by atoms with van der Waals surface area (Å²) in [4.78, 5) is 0. The van der Waals surface area contributed by atoms with Crippen molar-refractivity contribution in [3.05, 3.63) is 22.7 Å². The van der Waals surface area contributed by atoms with E-state index in [1.165, 1.54) is 11.4 Å². The van der Waals surface area contributed by atoms with E-state index in [9.17, 15) is 8.42 Å². The van der Waals surface area contributed by atoms with Crippen molar-refractivity contribution in [1.29, 1.82) is 0 Å². The van der Waals surface area contributed by atoms with Crippen molar-refractivity contribution in [3.63, 3.8) is 0 Å². The summed E-state index contributed by atoms with van der Waals surface area (Å²) in [6.07, 6.45) is 4.01. The Balaban J connectivity index is 2.20. The molecule has 1 N–H and O–H groups in total. The third kappa shape index (κ3) is 3.86. The SMILES string of the molecule is COc1ccc(Br)cc1NS(=O)(=O)N1CCCCCC1. The summed E-state index contributed by atoms with van der Waals surface area (Å²) in [7, 11) is -2.01. The second-order valence-corrected chi connectivity index (χ2v) is 7.35. The van der Waals surface area contributed by atoms with Gasteiger partial charge in [-0.05, 0) is 31.0 Å². The summed E-state index contributed by atoms with van der Waals surface area (Å²) in [5.41, 5.74) is 0.450. The van der Waals surface area contributed by atoms with Gasteiger partial charge in [0.2, 0.25) is 0 Å². The minimum atomic E-state index is -3.53. The number of anilines is 1. The number of hydrogen-bond acceptors (Lipinski definition) is 3. The number of nitrogens with one attached hydrogen (secondary N) is 1. The molecule has 1 aliphatic rings. The van der Waals surface area contributed by atoms with E-state index in [0.29, 0.717) is 24.5 Å². The zero-order valence-electron chi connectivity index (χ0n) is 11.4. The predicted octanol–water partition coefficient (Wildman–Crippen LogP) is 2.99. The Labute approximate surface area is 128 Å². The number of methoxy groups -OCH3 is 1. The molecule has 112 valence electrons. The molecule has 2 rings (SSSR count). The third-order valence-electron chi connectivity index (χ3n) is 3.31. The van der Waals surface area contributed by atoms with Crippen LogP contribution >= 0.6 is 15.9 Å². The van der Waals surface area contributed by atoms with Crippen LogP contribution in [0.1, 0.15) is 25.7 Å². The van der Waals surface area contributed by atoms with E-state index in [0.717, 1.165) is 30.2 Å². The first-order valence-electron chi connectivity index (χ1n) is 6.64. The second kappa shape index (κ2) is 6.78. The molecule has 7 heteroatoms. The van der Waals surface area contributed by atoms with E-state index in [4.69, 9.17) is 4.74 Å². The van der Waals surface area contributed by atoms with Gasteiger partial charge in [0, 0.05) is 17.6 Å². The Bertz CT molecular complexity index is 555. The molecule has 0 unspecified atom stereocenters. The maximum atomic E-state index is 12.4. The Kier molecular flexibility index (Phi) is 5.29. The number of ether oxygens (including phenoxy) is 1. The summed E-state index contributed by atoms with van der Waals surface area (Å²) in [6, 6.07) is 5.24. The van der Waals surface area contributed by atoms with Crippen LogP contribution in [0.25, 0.3) is 0 Å². The highest BCUT2D eigenvalue weighted by atomic mass is 79.9. The van der Waals surface area contributed by atoms with Crippen LogP contribution < -0.4 is 9.46 Å². The molecule has 0 atom stereocenters. The molecule has 5 nitrogen and oxygen atoms in total. The van der Waals surface area contributed by atoms with E-state index in [2.05, 4.69) is 20.7 Å². The fraction of sp³-hybridized carbons (Fsp3) is 0.538. The molecule has 1 heterocycles. The van der Waals surface area contributed by atoms with E-state index in [1.54, 1.807) is 12.1 Å². The van der Waals surface area contributed by atoms with Gasteiger partial charge in [-0.3, -0.25) is 4.72 Å². The highest BCUT2D eigenvalue weighted by Crippen LogP contribution is 2.29. The number of rotatable bonds is 4. The number of hydrogen-bond donors (Lipinski definition) is 1. The molecule has 1 aromatic rings. The maximum absolute atomic E-state index is 12.4. The van der Waals surface area contributed by atoms with Gasteiger partial charge < -0.3 is 4.74 Å². The van der Waals surface area contributed by atoms with Gasteiger partial charge in [0.25, 0.3) is 0 Å². The van der Waals surface area contributed by atoms with Crippen molar-refractivity contribution in [2.75, 3.05) is 24.9 Å². The Hall–Kier alpha value is -0.790. The van der Waals surface area contributed by atoms with E-state index in [1.807, 2.05) is 6.07 Å². The van der Waals surface area contributed by atoms with Gasteiger partial charge in [0.15, 0.2) is 0 Å². The van der Waals surface area contributed by atoms with Crippen LogP contribution in [0.3, 0.4) is 0 Å². The van der Waals surface area contributed by atoms with Gasteiger partial charge in [0.1, 0.15) is 5.75 Å². The van der Waals surface area contributed by atoms with Gasteiger partial charge in [-0.15, -0.1) is 0 Å². The second-order valence-electron chi connectivity index (χ2n) is 4.76. The zero-order chi connectivity index (χ0) is 14.6. The van der Waals surface area contributed by atoms with E-state index >= 15 is 0 Å². The standard InChI is InChI=1S/C13H19BrN2O3S/c1-19-13-7-6-11(14)10-12(13)15-20(17,18)16-8-4-2-3-5-9-16/h6-7,10,15H,2-5,8-9H2,1H3. The third-order valence-corrected chi connectivity index (χ3v) is 5.32. The van der Waals surface area contributed by atoms with Crippen LogP contribution in [-0.2, 0) is 10.2 Å². The predicted molar refractivity (Wildman–Crippen MR) is 83.3 cm³/mol. The van der Waals surface area contributed by atoms with Crippen LogP contribution in [0.15, 0.2) is 22.7 Å². The highest BCUT2D eigenvalue weighted by molar-refractivity contribution is 9.10. The highest BCUT2D eigenvalue weighted by Gasteiger charge is 2.24. The lowest BCUT2D eigenvalue weighted by molar-refractivity contribution is 0.414. The molecule has 1 aromatic carbocycles. The number of benzene rings is 1. The zero-order valence-corrected chi connectivity index (χ0v) is 13.8. The lowest BCUT2D eigenvalue weighted by atomic mass is 10.2. The molecule has 20 heavy (non-hydrogen) atoms. The van der Waals surface area contributed by atoms with Crippen LogP contribution in [-0.4, -0.2) is 32.9 Å². The van der Waals surface area contributed by atoms with Crippen molar-refractivity contribution in [3.8, 4) is 5.75 Å². The summed E-state index contributed by atoms with van der Waals surface area (Å²) in [5, 5.41) is 0. The van der Waals surface area contributed by atoms with Crippen LogP contribution in [0.4, 0.5) is 5.69 Å². The summed E-state index contributed by atoms with van der Waals surface area (Å²) in [5.74, 6) is 0.506. The molecule has 0 aliphatic carbocycles. The Morgan fingerprint density at radius 2 is 1.85 bits per heavy atom. The van der Waals surface area contributed by atoms with Crippen molar-refractivity contribution in [2.45, 2.75) is 25.7 Å². The van der Waals surface area contributed by atoms with Crippen molar-refractivity contribution >= 4 is 31.8 Å². The molecular weight excluding hydrogens is 344 g/mol. The maximum Gasteiger partial charge on any atom is 0.301 e. The average molecular weight is 363 g/mol. The summed E-state index contributed by atoms with van der Waals surface area (Å²) < 4.78 is 35.0. The first-order chi connectivity index (χ1) is 9.53. The minimum absolute atomic E-state index is 0.450. The van der Waals surface area contributed by atoms with Crippen LogP contribution in [0.2, 0.25) is 0 Å². The fourth-order valence-electron chi connectivity index (χ4n) is 2.25. The fourth-order valence-corrected chi connectivity index (χ4v) is 3.91. The Morgan fingerprint density at radius 1 is 1.20 bits per heavy atom. The first-order valence-corrected chi connectivity index (χ1v) is 8.87. The Morgan fingerprint density at radius 3 is 2.45 bits per heavy atom. The van der Waals surface area contributed by atoms with E-state index in [-0.39, 0.29) is 0 Å². The lowest BCUT2D eigenvalue weighted by Crippen LogP contribution is -2.36. The number of nitrogens with zero attached hydrogens (tertiary/aromatic N) is 1. The van der Waals surface area contributed by atoms with Gasteiger partial charge in [-0.2, -0.15) is 12.7 Å². The van der Waals surface area contributed by atoms with Crippen molar-refractivity contribution in [2.24, 2.45) is 0 Å². The lowest BCUT2D eigenvalue weighted by Gasteiger charge is -2.21. The molecule has 0 bridgehead atoms. The average Bonchev–Trinajstić information content (AvgIpc) is 2.68. The van der Waals surface area contributed by atoms with Gasteiger partial charge in [-0.25, -0.2) is 0 Å². The van der Waals surface area contributed by atoms with Gasteiger partial charge in [-0.1, -0.05) is 28.8 Å². The normalized spacial score (nSPS) is 17.5.